The second-order valence-electron chi connectivity index (χ2n) is 4.09. The second-order valence-corrected chi connectivity index (χ2v) is 4.09. The molecule has 1 atom stereocenters. The average molecular weight is 252 g/mol. The minimum absolute atomic E-state index is 0.0655. The lowest BCUT2D eigenvalue weighted by Gasteiger charge is -2.09. The maximum absolute atomic E-state index is 10.9. The number of esters is 1. The van der Waals surface area contributed by atoms with Gasteiger partial charge in [0.05, 0.1) is 26.2 Å². The summed E-state index contributed by atoms with van der Waals surface area (Å²) in [5, 5.41) is 9.53. The van der Waals surface area contributed by atoms with Crippen LogP contribution in [0.2, 0.25) is 0 Å². The van der Waals surface area contributed by atoms with Crippen LogP contribution in [0.25, 0.3) is 0 Å². The molecule has 0 aliphatic heterocycles. The van der Waals surface area contributed by atoms with Gasteiger partial charge in [0.15, 0.2) is 0 Å². The van der Waals surface area contributed by atoms with Crippen LogP contribution in [-0.2, 0) is 9.53 Å². The highest BCUT2D eigenvalue weighted by Crippen LogP contribution is 2.10. The van der Waals surface area contributed by atoms with Crippen LogP contribution in [0.5, 0.6) is 5.75 Å². The maximum atomic E-state index is 10.9. The van der Waals surface area contributed by atoms with Crippen LogP contribution in [-0.4, -0.2) is 30.9 Å². The van der Waals surface area contributed by atoms with Crippen molar-refractivity contribution in [2.45, 2.75) is 31.8 Å². The quantitative estimate of drug-likeness (QED) is 0.569. The van der Waals surface area contributed by atoms with Crippen LogP contribution >= 0.6 is 0 Å². The number of aliphatic hydroxyl groups is 1. The highest BCUT2D eigenvalue weighted by molar-refractivity contribution is 5.69. The number of aliphatic hydroxyl groups excluding tert-OH is 1. The summed E-state index contributed by atoms with van der Waals surface area (Å²) in [5.74, 6) is 0.482. The summed E-state index contributed by atoms with van der Waals surface area (Å²) in [6.07, 6.45) is 1.72. The van der Waals surface area contributed by atoms with Gasteiger partial charge in [0.2, 0.25) is 0 Å². The van der Waals surface area contributed by atoms with E-state index in [4.69, 9.17) is 4.74 Å². The number of carbonyl (C=O) groups is 1. The summed E-state index contributed by atoms with van der Waals surface area (Å²) in [5.41, 5.74) is 0. The molecule has 1 N–H and O–H groups in total. The second kappa shape index (κ2) is 8.53. The molecule has 18 heavy (non-hydrogen) atoms. The first kappa shape index (κ1) is 14.5. The van der Waals surface area contributed by atoms with E-state index in [0.717, 1.165) is 18.6 Å². The van der Waals surface area contributed by atoms with Crippen LogP contribution in [0.1, 0.15) is 25.7 Å². The molecule has 0 aliphatic carbocycles. The Bertz CT molecular complexity index is 337. The Kier molecular flexibility index (Phi) is 6.87. The maximum Gasteiger partial charge on any atom is 0.308 e. The molecule has 0 radical (unpaired) electrons. The lowest BCUT2D eigenvalue weighted by atomic mass is 10.1. The Morgan fingerprint density at radius 1 is 1.28 bits per heavy atom. The number of methoxy groups -OCH3 is 1. The summed E-state index contributed by atoms with van der Waals surface area (Å²) in [6.45, 7) is 0.620. The molecular formula is C14H20O4. The average Bonchev–Trinajstić information content (AvgIpc) is 2.39. The van der Waals surface area contributed by atoms with Gasteiger partial charge in [-0.15, -0.1) is 0 Å². The minimum Gasteiger partial charge on any atom is -0.494 e. The normalized spacial score (nSPS) is 11.9. The largest absolute Gasteiger partial charge is 0.494 e. The zero-order valence-electron chi connectivity index (χ0n) is 10.7. The molecule has 0 aromatic heterocycles. The molecule has 0 aliphatic rings. The van der Waals surface area contributed by atoms with Crippen molar-refractivity contribution in [1.29, 1.82) is 0 Å². The van der Waals surface area contributed by atoms with E-state index in [9.17, 15) is 9.90 Å². The third kappa shape index (κ3) is 6.25. The van der Waals surface area contributed by atoms with Gasteiger partial charge in [-0.05, 0) is 31.4 Å². The number of hydrogen-bond donors (Lipinski definition) is 1. The van der Waals surface area contributed by atoms with Gasteiger partial charge < -0.3 is 14.6 Å². The fourth-order valence-electron chi connectivity index (χ4n) is 1.57. The van der Waals surface area contributed by atoms with Crippen molar-refractivity contribution < 1.29 is 19.4 Å². The van der Waals surface area contributed by atoms with Crippen LogP contribution in [0.4, 0.5) is 0 Å². The van der Waals surface area contributed by atoms with Gasteiger partial charge in [0.1, 0.15) is 5.75 Å². The summed E-state index contributed by atoms with van der Waals surface area (Å²) >= 11 is 0. The number of unbranched alkanes of at least 4 members (excludes halogenated alkanes) is 1. The summed E-state index contributed by atoms with van der Waals surface area (Å²) in [4.78, 5) is 10.9. The molecule has 1 aromatic carbocycles. The molecule has 1 unspecified atom stereocenters. The summed E-state index contributed by atoms with van der Waals surface area (Å²) in [6, 6.07) is 9.61. The van der Waals surface area contributed by atoms with E-state index < -0.39 is 6.10 Å². The molecule has 100 valence electrons. The van der Waals surface area contributed by atoms with Crippen molar-refractivity contribution in [3.63, 3.8) is 0 Å². The number of hydrogen-bond acceptors (Lipinski definition) is 4. The number of benzene rings is 1. The number of ether oxygens (including phenoxy) is 2. The van der Waals surface area contributed by atoms with E-state index in [-0.39, 0.29) is 12.4 Å². The molecular weight excluding hydrogens is 232 g/mol. The van der Waals surface area contributed by atoms with Gasteiger partial charge in [-0.1, -0.05) is 18.2 Å². The Hall–Kier alpha value is -1.55. The fourth-order valence-corrected chi connectivity index (χ4v) is 1.57. The van der Waals surface area contributed by atoms with Gasteiger partial charge in [-0.2, -0.15) is 0 Å². The van der Waals surface area contributed by atoms with Crippen LogP contribution in [0.15, 0.2) is 30.3 Å². The first-order valence-electron chi connectivity index (χ1n) is 6.15. The summed E-state index contributed by atoms with van der Waals surface area (Å²) < 4.78 is 10.00. The third-order valence-electron chi connectivity index (χ3n) is 2.57. The molecule has 0 saturated carbocycles. The molecule has 0 fully saturated rings. The number of para-hydroxylation sites is 1. The van der Waals surface area contributed by atoms with Gasteiger partial charge in [-0.25, -0.2) is 0 Å². The molecule has 0 amide bonds. The van der Waals surface area contributed by atoms with E-state index in [1.54, 1.807) is 0 Å². The molecule has 1 rings (SSSR count). The Morgan fingerprint density at radius 2 is 2.00 bits per heavy atom. The monoisotopic (exact) mass is 252 g/mol. The fraction of sp³-hybridized carbons (Fsp3) is 0.500. The first-order chi connectivity index (χ1) is 8.72. The lowest BCUT2D eigenvalue weighted by molar-refractivity contribution is -0.142. The topological polar surface area (TPSA) is 55.8 Å². The van der Waals surface area contributed by atoms with Crippen molar-refractivity contribution >= 4 is 5.97 Å². The minimum atomic E-state index is -0.617. The zero-order chi connectivity index (χ0) is 13.2. The predicted molar refractivity (Wildman–Crippen MR) is 68.4 cm³/mol. The molecule has 4 heteroatoms. The van der Waals surface area contributed by atoms with Gasteiger partial charge in [0, 0.05) is 0 Å². The lowest BCUT2D eigenvalue weighted by Crippen LogP contribution is -2.14. The van der Waals surface area contributed by atoms with Crippen molar-refractivity contribution in [1.82, 2.24) is 0 Å². The van der Waals surface area contributed by atoms with Crippen molar-refractivity contribution in [3.05, 3.63) is 30.3 Å². The highest BCUT2D eigenvalue weighted by atomic mass is 16.5. The van der Waals surface area contributed by atoms with E-state index >= 15 is 0 Å². The van der Waals surface area contributed by atoms with E-state index in [1.807, 2.05) is 30.3 Å². The Labute approximate surface area is 108 Å². The molecule has 1 aromatic rings. The van der Waals surface area contributed by atoms with Crippen LogP contribution < -0.4 is 4.74 Å². The van der Waals surface area contributed by atoms with Crippen LogP contribution in [0, 0.1) is 0 Å². The molecule has 0 bridgehead atoms. The van der Waals surface area contributed by atoms with E-state index in [1.165, 1.54) is 7.11 Å². The van der Waals surface area contributed by atoms with E-state index in [0.29, 0.717) is 13.0 Å². The summed E-state index contributed by atoms with van der Waals surface area (Å²) in [7, 11) is 1.32. The van der Waals surface area contributed by atoms with E-state index in [2.05, 4.69) is 4.74 Å². The number of rotatable bonds is 8. The molecule has 0 spiro atoms. The standard InChI is InChI=1S/C14H20O4/c1-17-14(16)11-12(15)7-5-6-10-18-13-8-3-2-4-9-13/h2-4,8-9,12,15H,5-7,10-11H2,1H3. The molecule has 0 heterocycles. The zero-order valence-corrected chi connectivity index (χ0v) is 10.7. The Morgan fingerprint density at radius 3 is 2.67 bits per heavy atom. The van der Waals surface area contributed by atoms with Crippen molar-refractivity contribution in [2.24, 2.45) is 0 Å². The molecule has 4 nitrogen and oxygen atoms in total. The van der Waals surface area contributed by atoms with Crippen LogP contribution in [0.3, 0.4) is 0 Å². The SMILES string of the molecule is COC(=O)CC(O)CCCCOc1ccccc1. The predicted octanol–water partition coefficient (Wildman–Crippen LogP) is 2.16. The van der Waals surface area contributed by atoms with Crippen molar-refractivity contribution in [2.75, 3.05) is 13.7 Å². The van der Waals surface area contributed by atoms with Crippen molar-refractivity contribution in [3.8, 4) is 5.75 Å². The Balaban J connectivity index is 2.03. The first-order valence-corrected chi connectivity index (χ1v) is 6.15. The third-order valence-corrected chi connectivity index (χ3v) is 2.57. The van der Waals surface area contributed by atoms with Gasteiger partial charge in [-0.3, -0.25) is 4.79 Å². The molecule has 0 saturated heterocycles. The number of carbonyl (C=O) groups excluding carboxylic acids is 1. The van der Waals surface area contributed by atoms with Gasteiger partial charge >= 0.3 is 5.97 Å². The highest BCUT2D eigenvalue weighted by Gasteiger charge is 2.10. The van der Waals surface area contributed by atoms with Gasteiger partial charge in [0.25, 0.3) is 0 Å². The smallest absolute Gasteiger partial charge is 0.308 e.